The fourth-order valence-corrected chi connectivity index (χ4v) is 4.40. The van der Waals surface area contributed by atoms with Crippen molar-refractivity contribution >= 4 is 42.8 Å². The quantitative estimate of drug-likeness (QED) is 0.208. The second-order valence-electron chi connectivity index (χ2n) is 10.1. The van der Waals surface area contributed by atoms with Crippen LogP contribution < -0.4 is 0 Å². The average molecular weight is 512 g/mol. The predicted octanol–water partition coefficient (Wildman–Crippen LogP) is 5.37. The van der Waals surface area contributed by atoms with Gasteiger partial charge in [0.25, 0.3) is 0 Å². The molecule has 0 spiro atoms. The molecule has 0 aliphatic carbocycles. The molecule has 0 unspecified atom stereocenters. The van der Waals surface area contributed by atoms with E-state index in [0.717, 1.165) is 6.42 Å². The second-order valence-corrected chi connectivity index (χ2v) is 16.7. The number of rotatable bonds is 6. The molecule has 1 aliphatic rings. The molecule has 0 aromatic rings. The number of esters is 1. The Morgan fingerprint density at radius 3 is 2.26 bits per heavy atom. The second kappa shape index (κ2) is 8.69. The van der Waals surface area contributed by atoms with Gasteiger partial charge in [-0.15, -0.1) is 0 Å². The molecule has 0 aromatic heterocycles. The van der Waals surface area contributed by atoms with Crippen LogP contribution in [-0.2, 0) is 18.7 Å². The summed E-state index contributed by atoms with van der Waals surface area (Å²) in [5.74, 6) is 0.240. The summed E-state index contributed by atoms with van der Waals surface area (Å²) in [5, 5.41) is 0.200. The third-order valence-electron chi connectivity index (χ3n) is 6.07. The summed E-state index contributed by atoms with van der Waals surface area (Å²) >= 11 is 2.41. The number of hydrogen-bond acceptors (Lipinski definition) is 5. The maximum Gasteiger partial charge on any atom is 0.332 e. The van der Waals surface area contributed by atoms with E-state index in [1.54, 1.807) is 7.11 Å². The largest absolute Gasteiger partial charge is 0.481 e. The minimum atomic E-state index is -1.75. The van der Waals surface area contributed by atoms with Crippen LogP contribution in [-0.4, -0.2) is 49.5 Å². The van der Waals surface area contributed by atoms with Crippen LogP contribution in [0.5, 0.6) is 0 Å². The number of aliphatic imine (C=N–C) groups is 1. The highest BCUT2D eigenvalue weighted by atomic mass is 127. The van der Waals surface area contributed by atoms with Crippen LogP contribution in [0.3, 0.4) is 0 Å². The summed E-state index contributed by atoms with van der Waals surface area (Å²) in [5.41, 5.74) is -1.14. The molecule has 0 bridgehead atoms. The molecule has 0 fully saturated rings. The summed E-state index contributed by atoms with van der Waals surface area (Å²) in [4.78, 5) is 17.2. The van der Waals surface area contributed by atoms with Gasteiger partial charge in [0.05, 0.1) is 7.11 Å². The summed E-state index contributed by atoms with van der Waals surface area (Å²) in [6, 6.07) is -0.500. The number of ether oxygens (including phenoxy) is 2. The number of alkyl halides is 1. The van der Waals surface area contributed by atoms with Gasteiger partial charge in [-0.05, 0) is 37.9 Å². The third kappa shape index (κ3) is 5.92. The highest BCUT2D eigenvalue weighted by Crippen LogP contribution is 2.39. The molecule has 5 nitrogen and oxygen atoms in total. The van der Waals surface area contributed by atoms with Crippen molar-refractivity contribution in [2.75, 3.05) is 13.7 Å². The van der Waals surface area contributed by atoms with Crippen molar-refractivity contribution in [2.45, 2.75) is 95.0 Å². The normalized spacial score (nSPS) is 25.7. The smallest absolute Gasteiger partial charge is 0.332 e. The number of halogens is 1. The number of carbonyl (C=O) groups excluding carboxylic acids is 1. The number of hydrogen-bond donors (Lipinski definition) is 0. The molecule has 1 rings (SSSR count). The summed E-state index contributed by atoms with van der Waals surface area (Å²) in [6.45, 7) is 19.9. The molecule has 0 amide bonds. The minimum Gasteiger partial charge on any atom is -0.481 e. The van der Waals surface area contributed by atoms with E-state index in [0.29, 0.717) is 22.9 Å². The van der Waals surface area contributed by atoms with E-state index in [4.69, 9.17) is 13.9 Å². The van der Waals surface area contributed by atoms with Crippen LogP contribution in [0.1, 0.15) is 61.3 Å². The van der Waals surface area contributed by atoms with Crippen molar-refractivity contribution in [3.05, 3.63) is 0 Å². The average Bonchev–Trinajstić information content (AvgIpc) is 2.50. The minimum absolute atomic E-state index is 0.200. The van der Waals surface area contributed by atoms with Gasteiger partial charge in [0.1, 0.15) is 0 Å². The van der Waals surface area contributed by atoms with E-state index in [-0.39, 0.29) is 16.4 Å². The number of carbonyl (C=O) groups is 1. The van der Waals surface area contributed by atoms with E-state index in [9.17, 15) is 4.79 Å². The van der Waals surface area contributed by atoms with Crippen LogP contribution in [0.2, 0.25) is 18.1 Å². The Balaban J connectivity index is 2.72. The van der Waals surface area contributed by atoms with Crippen LogP contribution in [0.4, 0.5) is 0 Å². The van der Waals surface area contributed by atoms with E-state index in [2.05, 4.69) is 61.4 Å². The van der Waals surface area contributed by atoms with Gasteiger partial charge in [-0.3, -0.25) is 0 Å². The molecule has 0 radical (unpaired) electrons. The summed E-state index contributed by atoms with van der Waals surface area (Å²) < 4.78 is 18.0. The van der Waals surface area contributed by atoms with Crippen molar-refractivity contribution in [3.63, 3.8) is 0 Å². The first-order valence-corrected chi connectivity index (χ1v) is 13.8. The summed E-state index contributed by atoms with van der Waals surface area (Å²) in [7, 11) is -0.160. The Morgan fingerprint density at radius 2 is 1.81 bits per heavy atom. The molecular weight excluding hydrogens is 473 g/mol. The first-order chi connectivity index (χ1) is 12.0. The number of methoxy groups -OCH3 is 1. The van der Waals surface area contributed by atoms with Gasteiger partial charge in [-0.1, -0.05) is 64.1 Å². The Morgan fingerprint density at radius 1 is 1.26 bits per heavy atom. The van der Waals surface area contributed by atoms with Crippen molar-refractivity contribution in [3.8, 4) is 0 Å². The molecule has 0 aromatic carbocycles. The maximum atomic E-state index is 12.6. The molecule has 1 heterocycles. The zero-order valence-electron chi connectivity index (χ0n) is 18.7. The van der Waals surface area contributed by atoms with Gasteiger partial charge in [-0.25, -0.2) is 9.79 Å². The van der Waals surface area contributed by atoms with Crippen molar-refractivity contribution < 1.29 is 18.7 Å². The lowest BCUT2D eigenvalue weighted by atomic mass is 9.76. The molecule has 7 heteroatoms. The fourth-order valence-electron chi connectivity index (χ4n) is 2.47. The molecule has 0 N–H and O–H groups in total. The zero-order valence-corrected chi connectivity index (χ0v) is 21.9. The van der Waals surface area contributed by atoms with Gasteiger partial charge in [0.15, 0.2) is 20.0 Å². The van der Waals surface area contributed by atoms with Crippen LogP contribution in [0.15, 0.2) is 4.99 Å². The van der Waals surface area contributed by atoms with Gasteiger partial charge in [0, 0.05) is 15.9 Å². The molecule has 1 aliphatic heterocycles. The highest BCUT2D eigenvalue weighted by molar-refractivity contribution is 14.1. The van der Waals surface area contributed by atoms with E-state index >= 15 is 0 Å². The highest BCUT2D eigenvalue weighted by Gasteiger charge is 2.51. The van der Waals surface area contributed by atoms with Gasteiger partial charge in [-0.2, -0.15) is 0 Å². The van der Waals surface area contributed by atoms with Gasteiger partial charge >= 0.3 is 5.97 Å². The SMILES string of the molecule is COC1=N[C@H](CC[C@H](I)CO[Si](C)(C)C(C)(C)C)C(=O)O[C@@]1(C)C(C)(C)C. The molecule has 0 saturated heterocycles. The lowest BCUT2D eigenvalue weighted by Gasteiger charge is -2.43. The van der Waals surface area contributed by atoms with Crippen molar-refractivity contribution in [1.82, 2.24) is 0 Å². The van der Waals surface area contributed by atoms with Gasteiger partial charge < -0.3 is 13.9 Å². The Kier molecular flexibility index (Phi) is 8.01. The molecule has 3 atom stereocenters. The van der Waals surface area contributed by atoms with Crippen molar-refractivity contribution in [1.29, 1.82) is 0 Å². The van der Waals surface area contributed by atoms with Crippen molar-refractivity contribution in [2.24, 2.45) is 10.4 Å². The Labute approximate surface area is 180 Å². The topological polar surface area (TPSA) is 57.1 Å². The fraction of sp³-hybridized carbons (Fsp3) is 0.900. The standard InChI is InChI=1S/C20H38INO4Si/c1-18(2,3)20(7)17(24-8)22-15(16(23)26-20)12-11-14(21)13-25-27(9,10)19(4,5)6/h14-15H,11-13H2,1-10H3/t14-,15+,20+/m0/s1. The summed E-state index contributed by atoms with van der Waals surface area (Å²) in [6.07, 6.45) is 1.49. The number of nitrogens with zero attached hydrogens (tertiary/aromatic N) is 1. The lowest BCUT2D eigenvalue weighted by Crippen LogP contribution is -2.56. The Bertz CT molecular complexity index is 565. The van der Waals surface area contributed by atoms with E-state index in [1.807, 2.05) is 27.7 Å². The predicted molar refractivity (Wildman–Crippen MR) is 122 cm³/mol. The van der Waals surface area contributed by atoms with Crippen LogP contribution in [0, 0.1) is 5.41 Å². The van der Waals surface area contributed by atoms with Crippen LogP contribution >= 0.6 is 22.6 Å². The number of cyclic esters (lactones) is 1. The van der Waals surface area contributed by atoms with E-state index < -0.39 is 20.0 Å². The van der Waals surface area contributed by atoms with Crippen LogP contribution in [0.25, 0.3) is 0 Å². The molecule has 158 valence electrons. The molecule has 0 saturated carbocycles. The van der Waals surface area contributed by atoms with E-state index in [1.165, 1.54) is 0 Å². The first kappa shape index (κ1) is 24.9. The monoisotopic (exact) mass is 511 g/mol. The lowest BCUT2D eigenvalue weighted by molar-refractivity contribution is -0.166. The maximum absolute atomic E-state index is 12.6. The van der Waals surface area contributed by atoms with Gasteiger partial charge in [0.2, 0.25) is 5.90 Å². The Hall–Kier alpha value is -0.153. The zero-order chi connectivity index (χ0) is 21.3. The molecular formula is C20H38INO4Si. The first-order valence-electron chi connectivity index (χ1n) is 9.68. The molecule has 27 heavy (non-hydrogen) atoms. The third-order valence-corrected chi connectivity index (χ3v) is 11.6.